The molecular weight excluding hydrogens is 352 g/mol. The molecule has 3 amide bonds. The first-order valence-electron chi connectivity index (χ1n) is 9.70. The van der Waals surface area contributed by atoms with Crippen LogP contribution in [0.25, 0.3) is 0 Å². The molecule has 6 nitrogen and oxygen atoms in total. The van der Waals surface area contributed by atoms with Crippen LogP contribution in [0.5, 0.6) is 0 Å². The number of rotatable bonds is 6. The van der Waals surface area contributed by atoms with Crippen molar-refractivity contribution in [1.82, 2.24) is 15.1 Å². The molecule has 1 aliphatic heterocycles. The number of hydrogen-bond donors (Lipinski definition) is 2. The highest BCUT2D eigenvalue weighted by atomic mass is 16.2. The van der Waals surface area contributed by atoms with E-state index in [-0.39, 0.29) is 18.0 Å². The van der Waals surface area contributed by atoms with Crippen molar-refractivity contribution in [2.24, 2.45) is 5.73 Å². The van der Waals surface area contributed by atoms with E-state index in [9.17, 15) is 9.59 Å². The van der Waals surface area contributed by atoms with Gasteiger partial charge >= 0.3 is 6.03 Å². The van der Waals surface area contributed by atoms with Crippen LogP contribution in [0.3, 0.4) is 0 Å². The highest BCUT2D eigenvalue weighted by Gasteiger charge is 2.24. The van der Waals surface area contributed by atoms with E-state index in [0.717, 1.165) is 29.8 Å². The summed E-state index contributed by atoms with van der Waals surface area (Å²) in [7, 11) is 0. The molecule has 3 N–H and O–H groups in total. The normalized spacial score (nSPS) is 15.8. The Labute approximate surface area is 166 Å². The maximum atomic E-state index is 12.9. The highest BCUT2D eigenvalue weighted by Crippen LogP contribution is 2.23. The summed E-state index contributed by atoms with van der Waals surface area (Å²) in [6.07, 6.45) is 0.357. The van der Waals surface area contributed by atoms with E-state index in [4.69, 9.17) is 5.73 Å². The lowest BCUT2D eigenvalue weighted by Gasteiger charge is -2.35. The summed E-state index contributed by atoms with van der Waals surface area (Å²) >= 11 is 0. The molecule has 1 fully saturated rings. The third-order valence-corrected chi connectivity index (χ3v) is 5.11. The van der Waals surface area contributed by atoms with Crippen LogP contribution in [0.4, 0.5) is 4.79 Å². The number of hydrogen-bond acceptors (Lipinski definition) is 3. The minimum absolute atomic E-state index is 0.0649. The van der Waals surface area contributed by atoms with Crippen molar-refractivity contribution in [3.63, 3.8) is 0 Å². The molecule has 0 spiro atoms. The maximum absolute atomic E-state index is 12.9. The van der Waals surface area contributed by atoms with Crippen LogP contribution in [-0.2, 0) is 4.79 Å². The molecule has 148 valence electrons. The fraction of sp³-hybridized carbons (Fsp3) is 0.364. The van der Waals surface area contributed by atoms with E-state index in [2.05, 4.69) is 29.3 Å². The van der Waals surface area contributed by atoms with Gasteiger partial charge in [0.15, 0.2) is 0 Å². The Morgan fingerprint density at radius 1 is 1.00 bits per heavy atom. The summed E-state index contributed by atoms with van der Waals surface area (Å²) in [6, 6.07) is 18.0. The predicted octanol–water partition coefficient (Wildman–Crippen LogP) is 2.29. The first-order chi connectivity index (χ1) is 13.5. The molecule has 0 saturated carbocycles. The molecule has 2 aromatic rings. The number of nitrogens with two attached hydrogens (primary N) is 1. The molecule has 3 rings (SSSR count). The van der Waals surface area contributed by atoms with Gasteiger partial charge in [0.2, 0.25) is 5.91 Å². The van der Waals surface area contributed by atoms with Gasteiger partial charge < -0.3 is 16.0 Å². The second-order valence-electron chi connectivity index (χ2n) is 7.25. The number of amides is 3. The van der Waals surface area contributed by atoms with Crippen LogP contribution in [0.1, 0.15) is 29.2 Å². The lowest BCUT2D eigenvalue weighted by Crippen LogP contribution is -2.52. The molecule has 0 radical (unpaired) electrons. The molecule has 0 aliphatic carbocycles. The Balaban J connectivity index is 1.66. The van der Waals surface area contributed by atoms with E-state index in [1.165, 1.54) is 0 Å². The summed E-state index contributed by atoms with van der Waals surface area (Å²) in [4.78, 5) is 27.9. The van der Waals surface area contributed by atoms with Crippen molar-refractivity contribution in [2.45, 2.75) is 19.4 Å². The van der Waals surface area contributed by atoms with Crippen LogP contribution < -0.4 is 11.1 Å². The van der Waals surface area contributed by atoms with Gasteiger partial charge in [0.25, 0.3) is 0 Å². The van der Waals surface area contributed by atoms with Gasteiger partial charge in [0.1, 0.15) is 0 Å². The number of carbonyl (C=O) groups is 2. The van der Waals surface area contributed by atoms with Crippen molar-refractivity contribution in [3.8, 4) is 0 Å². The molecule has 28 heavy (non-hydrogen) atoms. The van der Waals surface area contributed by atoms with Gasteiger partial charge in [0, 0.05) is 39.1 Å². The average Bonchev–Trinajstić information content (AvgIpc) is 2.71. The Hall–Kier alpha value is -2.86. The quantitative estimate of drug-likeness (QED) is 0.807. The van der Waals surface area contributed by atoms with Crippen LogP contribution in [0.15, 0.2) is 54.6 Å². The first kappa shape index (κ1) is 19.9. The van der Waals surface area contributed by atoms with Gasteiger partial charge in [-0.3, -0.25) is 9.69 Å². The van der Waals surface area contributed by atoms with E-state index in [1.54, 1.807) is 0 Å². The van der Waals surface area contributed by atoms with E-state index in [0.29, 0.717) is 26.1 Å². The molecule has 0 bridgehead atoms. The monoisotopic (exact) mass is 380 g/mol. The van der Waals surface area contributed by atoms with Gasteiger partial charge in [-0.2, -0.15) is 0 Å². The number of nitrogens with zero attached hydrogens (tertiary/aromatic N) is 2. The molecule has 0 aromatic heterocycles. The van der Waals surface area contributed by atoms with Crippen molar-refractivity contribution in [2.75, 3.05) is 32.7 Å². The number of carbonyl (C=O) groups excluding carboxylic acids is 2. The molecule has 6 heteroatoms. The van der Waals surface area contributed by atoms with E-state index < -0.39 is 0 Å². The smallest absolute Gasteiger partial charge is 0.318 e. The molecule has 1 aliphatic rings. The summed E-state index contributed by atoms with van der Waals surface area (Å²) in [5, 5.41) is 3.21. The number of piperazine rings is 1. The van der Waals surface area contributed by atoms with Crippen molar-refractivity contribution >= 4 is 11.9 Å². The Kier molecular flexibility index (Phi) is 6.66. The zero-order valence-electron chi connectivity index (χ0n) is 16.3. The maximum Gasteiger partial charge on any atom is 0.318 e. The number of primary amides is 1. The van der Waals surface area contributed by atoms with Crippen LogP contribution >= 0.6 is 0 Å². The van der Waals surface area contributed by atoms with Crippen LogP contribution in [0, 0.1) is 6.92 Å². The first-order valence-corrected chi connectivity index (χ1v) is 9.70. The summed E-state index contributed by atoms with van der Waals surface area (Å²) in [6.45, 7) is 5.49. The molecule has 1 saturated heterocycles. The van der Waals surface area contributed by atoms with Crippen LogP contribution in [-0.4, -0.2) is 54.5 Å². The van der Waals surface area contributed by atoms with E-state index >= 15 is 0 Å². The molecular formula is C22H28N4O2. The predicted molar refractivity (Wildman–Crippen MR) is 110 cm³/mol. The summed E-state index contributed by atoms with van der Waals surface area (Å²) in [5.41, 5.74) is 8.51. The minimum atomic E-state index is -0.288. The largest absolute Gasteiger partial charge is 0.370 e. The van der Waals surface area contributed by atoms with Crippen LogP contribution in [0.2, 0.25) is 0 Å². The second kappa shape index (κ2) is 9.37. The van der Waals surface area contributed by atoms with Gasteiger partial charge in [-0.15, -0.1) is 0 Å². The highest BCUT2D eigenvalue weighted by molar-refractivity contribution is 5.75. The topological polar surface area (TPSA) is 78.7 Å². The average molecular weight is 380 g/mol. The van der Waals surface area contributed by atoms with Gasteiger partial charge in [0.05, 0.1) is 6.04 Å². The Morgan fingerprint density at radius 3 is 2.32 bits per heavy atom. The second-order valence-corrected chi connectivity index (χ2v) is 7.25. The number of nitrogens with one attached hydrogen (secondary N) is 1. The molecule has 0 unspecified atom stereocenters. The fourth-order valence-corrected chi connectivity index (χ4v) is 3.51. The molecule has 1 atom stereocenters. The Bertz CT molecular complexity index is 801. The third kappa shape index (κ3) is 5.33. The third-order valence-electron chi connectivity index (χ3n) is 5.11. The molecule has 1 heterocycles. The summed E-state index contributed by atoms with van der Waals surface area (Å²) in [5.74, 6) is -0.288. The Morgan fingerprint density at radius 2 is 1.68 bits per heavy atom. The SMILES string of the molecule is Cc1cccc([C@H](NC(=O)N2CCN(CCC(N)=O)CC2)c2ccccc2)c1. The van der Waals surface area contributed by atoms with Gasteiger partial charge in [-0.1, -0.05) is 60.2 Å². The zero-order valence-corrected chi connectivity index (χ0v) is 16.3. The number of benzene rings is 2. The van der Waals surface area contributed by atoms with Crippen molar-refractivity contribution in [1.29, 1.82) is 0 Å². The van der Waals surface area contributed by atoms with Gasteiger partial charge in [-0.05, 0) is 18.1 Å². The zero-order chi connectivity index (χ0) is 19.9. The lowest BCUT2D eigenvalue weighted by atomic mass is 9.97. The molecule has 2 aromatic carbocycles. The summed E-state index contributed by atoms with van der Waals surface area (Å²) < 4.78 is 0. The lowest BCUT2D eigenvalue weighted by molar-refractivity contribution is -0.118. The fourth-order valence-electron chi connectivity index (χ4n) is 3.51. The minimum Gasteiger partial charge on any atom is -0.370 e. The van der Waals surface area contributed by atoms with Crippen molar-refractivity contribution < 1.29 is 9.59 Å². The van der Waals surface area contributed by atoms with E-state index in [1.807, 2.05) is 47.4 Å². The standard InChI is InChI=1S/C22H28N4O2/c1-17-6-5-9-19(16-17)21(18-7-3-2-4-8-18)24-22(28)26-14-12-25(13-15-26)11-10-20(23)27/h2-9,16,21H,10-15H2,1H3,(H2,23,27)(H,24,28)/t21-/m1/s1. The number of urea groups is 1. The van der Waals surface area contributed by atoms with Gasteiger partial charge in [-0.25, -0.2) is 4.79 Å². The number of aryl methyl sites for hydroxylation is 1. The van der Waals surface area contributed by atoms with Crippen molar-refractivity contribution in [3.05, 3.63) is 71.3 Å².